The molecule has 2 saturated heterocycles. The molecule has 2 amide bonds. The number of nitrogens with zero attached hydrogens (tertiary/aromatic N) is 3. The lowest BCUT2D eigenvalue weighted by atomic mass is 10.2. The SMILES string of the molecule is O=C1NC(=O)C(=Cc2ccnc(Nc3ccc(N4CCOCC4)cc3)n2)S1. The summed E-state index contributed by atoms with van der Waals surface area (Å²) in [6.45, 7) is 3.28. The molecule has 3 heterocycles. The van der Waals surface area contributed by atoms with E-state index in [1.165, 1.54) is 0 Å². The molecule has 2 aliphatic rings. The summed E-state index contributed by atoms with van der Waals surface area (Å²) in [7, 11) is 0. The van der Waals surface area contributed by atoms with Crippen LogP contribution in [0.15, 0.2) is 41.4 Å². The van der Waals surface area contributed by atoms with Crippen LogP contribution >= 0.6 is 11.8 Å². The van der Waals surface area contributed by atoms with Crippen molar-refractivity contribution in [3.8, 4) is 0 Å². The van der Waals surface area contributed by atoms with Crippen molar-refractivity contribution in [3.05, 3.63) is 47.1 Å². The second kappa shape index (κ2) is 7.77. The summed E-state index contributed by atoms with van der Waals surface area (Å²) in [5.74, 6) is 0.00928. The molecule has 0 radical (unpaired) electrons. The van der Waals surface area contributed by atoms with Gasteiger partial charge in [-0.25, -0.2) is 9.97 Å². The van der Waals surface area contributed by atoms with E-state index >= 15 is 0 Å². The maximum atomic E-state index is 11.6. The van der Waals surface area contributed by atoms with Gasteiger partial charge in [-0.05, 0) is 48.2 Å². The van der Waals surface area contributed by atoms with Gasteiger partial charge in [-0.2, -0.15) is 0 Å². The first-order chi connectivity index (χ1) is 13.2. The molecule has 9 heteroatoms. The smallest absolute Gasteiger partial charge is 0.290 e. The Morgan fingerprint density at radius 1 is 1.15 bits per heavy atom. The van der Waals surface area contributed by atoms with Crippen LogP contribution in [0, 0.1) is 0 Å². The van der Waals surface area contributed by atoms with E-state index in [1.807, 2.05) is 24.3 Å². The number of hydrogen-bond acceptors (Lipinski definition) is 8. The molecular formula is C18H17N5O3S. The Hall–Kier alpha value is -2.91. The van der Waals surface area contributed by atoms with Gasteiger partial charge in [0.1, 0.15) is 0 Å². The maximum absolute atomic E-state index is 11.6. The number of ether oxygens (including phenoxy) is 1. The second-order valence-electron chi connectivity index (χ2n) is 5.93. The molecule has 0 atom stereocenters. The molecular weight excluding hydrogens is 366 g/mol. The highest BCUT2D eigenvalue weighted by Crippen LogP contribution is 2.25. The van der Waals surface area contributed by atoms with Gasteiger partial charge in [-0.3, -0.25) is 14.9 Å². The van der Waals surface area contributed by atoms with Gasteiger partial charge in [-0.1, -0.05) is 0 Å². The van der Waals surface area contributed by atoms with Crippen LogP contribution < -0.4 is 15.5 Å². The normalized spacial score (nSPS) is 18.7. The predicted octanol–water partition coefficient (Wildman–Crippen LogP) is 2.38. The van der Waals surface area contributed by atoms with Crippen LogP contribution in [-0.2, 0) is 9.53 Å². The molecule has 2 aromatic rings. The Balaban J connectivity index is 1.46. The lowest BCUT2D eigenvalue weighted by Gasteiger charge is -2.28. The fourth-order valence-corrected chi connectivity index (χ4v) is 3.44. The van der Waals surface area contributed by atoms with Crippen molar-refractivity contribution in [1.29, 1.82) is 0 Å². The number of imide groups is 1. The second-order valence-corrected chi connectivity index (χ2v) is 6.94. The number of amides is 2. The molecule has 27 heavy (non-hydrogen) atoms. The van der Waals surface area contributed by atoms with E-state index < -0.39 is 5.91 Å². The minimum Gasteiger partial charge on any atom is -0.378 e. The highest BCUT2D eigenvalue weighted by Gasteiger charge is 2.25. The molecule has 0 unspecified atom stereocenters. The number of carbonyl (C=O) groups is 2. The van der Waals surface area contributed by atoms with Crippen LogP contribution in [0.4, 0.5) is 22.1 Å². The summed E-state index contributed by atoms with van der Waals surface area (Å²) in [6.07, 6.45) is 3.17. The number of benzene rings is 1. The molecule has 0 saturated carbocycles. The van der Waals surface area contributed by atoms with Crippen molar-refractivity contribution < 1.29 is 14.3 Å². The number of anilines is 3. The van der Waals surface area contributed by atoms with Crippen molar-refractivity contribution in [1.82, 2.24) is 15.3 Å². The topological polar surface area (TPSA) is 96.5 Å². The van der Waals surface area contributed by atoms with Crippen molar-refractivity contribution in [2.24, 2.45) is 0 Å². The minimum atomic E-state index is -0.406. The molecule has 1 aromatic carbocycles. The van der Waals surface area contributed by atoms with E-state index in [0.717, 1.165) is 49.4 Å². The van der Waals surface area contributed by atoms with E-state index in [2.05, 4.69) is 25.5 Å². The van der Waals surface area contributed by atoms with Gasteiger partial charge in [0.2, 0.25) is 5.95 Å². The standard InChI is InChI=1S/C18H17N5O3S/c24-16-15(27-18(25)22-16)11-13-5-6-19-17(21-13)20-12-1-3-14(4-2-12)23-7-9-26-10-8-23/h1-6,11H,7-10H2,(H,19,20,21)(H,22,24,25). The molecule has 1 aromatic heterocycles. The molecule has 0 spiro atoms. The number of nitrogens with one attached hydrogen (secondary N) is 2. The Morgan fingerprint density at radius 3 is 2.63 bits per heavy atom. The summed E-state index contributed by atoms with van der Waals surface area (Å²) in [4.78, 5) is 34.0. The molecule has 2 N–H and O–H groups in total. The van der Waals surface area contributed by atoms with Crippen molar-refractivity contribution in [3.63, 3.8) is 0 Å². The molecule has 138 valence electrons. The van der Waals surface area contributed by atoms with E-state index in [4.69, 9.17) is 4.74 Å². The molecule has 2 aliphatic heterocycles. The molecule has 0 aliphatic carbocycles. The third-order valence-electron chi connectivity index (χ3n) is 4.10. The van der Waals surface area contributed by atoms with Gasteiger partial charge in [0.25, 0.3) is 11.1 Å². The summed E-state index contributed by atoms with van der Waals surface area (Å²) < 4.78 is 5.37. The first-order valence-electron chi connectivity index (χ1n) is 8.45. The molecule has 8 nitrogen and oxygen atoms in total. The fraction of sp³-hybridized carbons (Fsp3) is 0.222. The van der Waals surface area contributed by atoms with Crippen LogP contribution in [0.5, 0.6) is 0 Å². The average Bonchev–Trinajstić information content (AvgIpc) is 3.00. The van der Waals surface area contributed by atoms with Crippen molar-refractivity contribution >= 4 is 46.3 Å². The lowest BCUT2D eigenvalue weighted by molar-refractivity contribution is -0.115. The van der Waals surface area contributed by atoms with Crippen LogP contribution in [0.1, 0.15) is 5.69 Å². The summed E-state index contributed by atoms with van der Waals surface area (Å²) >= 11 is 0.861. The van der Waals surface area contributed by atoms with E-state index in [0.29, 0.717) is 16.5 Å². The minimum absolute atomic E-state index is 0.319. The number of aromatic nitrogens is 2. The molecule has 4 rings (SSSR count). The zero-order chi connectivity index (χ0) is 18.6. The summed E-state index contributed by atoms with van der Waals surface area (Å²) in [5.41, 5.74) is 2.56. The van der Waals surface area contributed by atoms with Gasteiger partial charge >= 0.3 is 0 Å². The zero-order valence-electron chi connectivity index (χ0n) is 14.3. The molecule has 0 bridgehead atoms. The zero-order valence-corrected chi connectivity index (χ0v) is 15.2. The van der Waals surface area contributed by atoms with E-state index in [1.54, 1.807) is 18.3 Å². The first kappa shape index (κ1) is 17.5. The van der Waals surface area contributed by atoms with Gasteiger partial charge in [0.15, 0.2) is 0 Å². The average molecular weight is 383 g/mol. The monoisotopic (exact) mass is 383 g/mol. The van der Waals surface area contributed by atoms with Crippen molar-refractivity contribution in [2.75, 3.05) is 36.5 Å². The number of rotatable bonds is 4. The van der Waals surface area contributed by atoms with Crippen LogP contribution in [0.2, 0.25) is 0 Å². The van der Waals surface area contributed by atoms with Gasteiger partial charge < -0.3 is 15.0 Å². The molecule has 2 fully saturated rings. The third-order valence-corrected chi connectivity index (χ3v) is 4.91. The quantitative estimate of drug-likeness (QED) is 0.777. The van der Waals surface area contributed by atoms with Gasteiger partial charge in [0, 0.05) is 30.7 Å². The van der Waals surface area contributed by atoms with E-state index in [9.17, 15) is 9.59 Å². The summed E-state index contributed by atoms with van der Waals surface area (Å²) in [5, 5.41) is 4.99. The van der Waals surface area contributed by atoms with Gasteiger partial charge in [0.05, 0.1) is 23.8 Å². The number of thioether (sulfide) groups is 1. The number of hydrogen-bond donors (Lipinski definition) is 2. The van der Waals surface area contributed by atoms with Crippen LogP contribution in [-0.4, -0.2) is 47.4 Å². The Morgan fingerprint density at radius 2 is 1.93 bits per heavy atom. The van der Waals surface area contributed by atoms with Gasteiger partial charge in [-0.15, -0.1) is 0 Å². The third kappa shape index (κ3) is 4.26. The Bertz CT molecular complexity index is 894. The van der Waals surface area contributed by atoms with E-state index in [-0.39, 0.29) is 5.24 Å². The summed E-state index contributed by atoms with van der Waals surface area (Å²) in [6, 6.07) is 9.71. The number of morpholine rings is 1. The van der Waals surface area contributed by atoms with Crippen LogP contribution in [0.3, 0.4) is 0 Å². The van der Waals surface area contributed by atoms with Crippen molar-refractivity contribution in [2.45, 2.75) is 0 Å². The highest BCUT2D eigenvalue weighted by atomic mass is 32.2. The maximum Gasteiger partial charge on any atom is 0.290 e. The Kier molecular flexibility index (Phi) is 5.03. The predicted molar refractivity (Wildman–Crippen MR) is 104 cm³/mol. The largest absolute Gasteiger partial charge is 0.378 e. The van der Waals surface area contributed by atoms with Crippen LogP contribution in [0.25, 0.3) is 6.08 Å². The highest BCUT2D eigenvalue weighted by molar-refractivity contribution is 8.18. The fourth-order valence-electron chi connectivity index (χ4n) is 2.77. The Labute approximate surface area is 160 Å². The first-order valence-corrected chi connectivity index (χ1v) is 9.27. The number of carbonyl (C=O) groups excluding carboxylic acids is 2. The lowest BCUT2D eigenvalue weighted by Crippen LogP contribution is -2.36.